The van der Waals surface area contributed by atoms with Crippen LogP contribution in [0.3, 0.4) is 0 Å². The number of hydrogen-bond donors (Lipinski definition) is 2. The van der Waals surface area contributed by atoms with E-state index in [0.717, 1.165) is 32.0 Å². The topological polar surface area (TPSA) is 45.7 Å². The van der Waals surface area contributed by atoms with Gasteiger partial charge in [0.05, 0.1) is 6.10 Å². The highest BCUT2D eigenvalue weighted by molar-refractivity contribution is 5.79. The average molecular weight is 317 g/mol. The van der Waals surface area contributed by atoms with Gasteiger partial charge in [-0.05, 0) is 38.7 Å². The Morgan fingerprint density at radius 3 is 2.74 bits per heavy atom. The summed E-state index contributed by atoms with van der Waals surface area (Å²) in [6.45, 7) is 8.21. The molecule has 2 N–H and O–H groups in total. The third-order valence-electron chi connectivity index (χ3n) is 4.60. The van der Waals surface area contributed by atoms with Crippen LogP contribution in [0.15, 0.2) is 29.3 Å². The lowest BCUT2D eigenvalue weighted by Gasteiger charge is -2.33. The fraction of sp³-hybridized carbons (Fsp3) is 0.632. The van der Waals surface area contributed by atoms with Crippen LogP contribution in [0.1, 0.15) is 50.3 Å². The van der Waals surface area contributed by atoms with Gasteiger partial charge in [0.25, 0.3) is 0 Å². The number of nitrogens with zero attached hydrogens (tertiary/aromatic N) is 1. The quantitative estimate of drug-likeness (QED) is 0.646. The summed E-state index contributed by atoms with van der Waals surface area (Å²) in [5.41, 5.74) is 2.57. The van der Waals surface area contributed by atoms with Gasteiger partial charge < -0.3 is 15.4 Å². The van der Waals surface area contributed by atoms with Crippen LogP contribution in [-0.4, -0.2) is 32.2 Å². The maximum atomic E-state index is 6.08. The molecular formula is C19H31N3O. The van der Waals surface area contributed by atoms with Gasteiger partial charge in [0.2, 0.25) is 0 Å². The Hall–Kier alpha value is -1.55. The SMILES string of the molecule is CCC(C)NC(=NC)NCC1CCCOC1c1ccc(C)cc1. The summed E-state index contributed by atoms with van der Waals surface area (Å²) in [7, 11) is 1.83. The van der Waals surface area contributed by atoms with E-state index < -0.39 is 0 Å². The zero-order valence-electron chi connectivity index (χ0n) is 14.9. The van der Waals surface area contributed by atoms with Crippen LogP contribution in [0.5, 0.6) is 0 Å². The van der Waals surface area contributed by atoms with Crippen LogP contribution < -0.4 is 10.6 Å². The monoisotopic (exact) mass is 317 g/mol. The Morgan fingerprint density at radius 1 is 1.35 bits per heavy atom. The van der Waals surface area contributed by atoms with Crippen molar-refractivity contribution in [2.45, 2.75) is 52.2 Å². The first-order valence-corrected chi connectivity index (χ1v) is 8.79. The Bertz CT molecular complexity index is 498. The molecule has 1 fully saturated rings. The Labute approximate surface area is 140 Å². The molecule has 128 valence electrons. The van der Waals surface area contributed by atoms with Crippen molar-refractivity contribution >= 4 is 5.96 Å². The van der Waals surface area contributed by atoms with E-state index in [1.807, 2.05) is 7.05 Å². The molecule has 1 aliphatic rings. The summed E-state index contributed by atoms with van der Waals surface area (Å²) in [5.74, 6) is 1.36. The molecule has 4 heteroatoms. The Kier molecular flexibility index (Phi) is 6.90. The van der Waals surface area contributed by atoms with E-state index >= 15 is 0 Å². The normalized spacial score (nSPS) is 23.4. The van der Waals surface area contributed by atoms with E-state index in [0.29, 0.717) is 12.0 Å². The van der Waals surface area contributed by atoms with Crippen molar-refractivity contribution in [2.24, 2.45) is 10.9 Å². The van der Waals surface area contributed by atoms with Crippen molar-refractivity contribution < 1.29 is 4.74 Å². The van der Waals surface area contributed by atoms with Crippen LogP contribution in [-0.2, 0) is 4.74 Å². The van der Waals surface area contributed by atoms with E-state index in [1.165, 1.54) is 17.5 Å². The van der Waals surface area contributed by atoms with Crippen molar-refractivity contribution in [3.05, 3.63) is 35.4 Å². The predicted octanol–water partition coefficient (Wildman–Crippen LogP) is 3.43. The van der Waals surface area contributed by atoms with Gasteiger partial charge in [0, 0.05) is 32.2 Å². The lowest BCUT2D eigenvalue weighted by molar-refractivity contribution is -0.0265. The first kappa shape index (κ1) is 17.8. The van der Waals surface area contributed by atoms with E-state index in [4.69, 9.17) is 4.74 Å². The Balaban J connectivity index is 1.97. The maximum Gasteiger partial charge on any atom is 0.191 e. The van der Waals surface area contributed by atoms with Gasteiger partial charge in [0.15, 0.2) is 5.96 Å². The van der Waals surface area contributed by atoms with Crippen molar-refractivity contribution in [1.82, 2.24) is 10.6 Å². The molecule has 0 radical (unpaired) electrons. The average Bonchev–Trinajstić information content (AvgIpc) is 2.59. The predicted molar refractivity (Wildman–Crippen MR) is 96.8 cm³/mol. The smallest absolute Gasteiger partial charge is 0.191 e. The zero-order valence-corrected chi connectivity index (χ0v) is 14.9. The minimum absolute atomic E-state index is 0.179. The standard InChI is InChI=1S/C19H31N3O/c1-5-15(3)22-19(20-4)21-13-17-7-6-12-23-18(17)16-10-8-14(2)9-11-16/h8-11,15,17-18H,5-7,12-13H2,1-4H3,(H2,20,21,22). The van der Waals surface area contributed by atoms with E-state index in [1.54, 1.807) is 0 Å². The van der Waals surface area contributed by atoms with E-state index in [9.17, 15) is 0 Å². The molecule has 2 rings (SSSR count). The van der Waals surface area contributed by atoms with Crippen molar-refractivity contribution in [3.8, 4) is 0 Å². The number of hydrogen-bond acceptors (Lipinski definition) is 2. The molecule has 0 bridgehead atoms. The fourth-order valence-electron chi connectivity index (χ4n) is 2.93. The molecule has 3 unspecified atom stereocenters. The van der Waals surface area contributed by atoms with Gasteiger partial charge in [-0.25, -0.2) is 0 Å². The number of ether oxygens (including phenoxy) is 1. The van der Waals surface area contributed by atoms with Crippen molar-refractivity contribution in [3.63, 3.8) is 0 Å². The molecule has 1 aromatic carbocycles. The summed E-state index contributed by atoms with van der Waals surface area (Å²) in [6.07, 6.45) is 3.58. The summed E-state index contributed by atoms with van der Waals surface area (Å²) in [4.78, 5) is 4.32. The second-order valence-corrected chi connectivity index (χ2v) is 6.51. The highest BCUT2D eigenvalue weighted by atomic mass is 16.5. The number of guanidine groups is 1. The summed E-state index contributed by atoms with van der Waals surface area (Å²) in [5, 5.41) is 6.89. The first-order chi connectivity index (χ1) is 11.1. The molecule has 23 heavy (non-hydrogen) atoms. The second-order valence-electron chi connectivity index (χ2n) is 6.51. The van der Waals surface area contributed by atoms with E-state index in [-0.39, 0.29) is 6.10 Å². The Morgan fingerprint density at radius 2 is 2.09 bits per heavy atom. The molecule has 0 spiro atoms. The van der Waals surface area contributed by atoms with Gasteiger partial charge >= 0.3 is 0 Å². The van der Waals surface area contributed by atoms with Gasteiger partial charge in [0.1, 0.15) is 0 Å². The lowest BCUT2D eigenvalue weighted by Crippen LogP contribution is -2.45. The zero-order chi connectivity index (χ0) is 16.7. The minimum atomic E-state index is 0.179. The van der Waals surface area contributed by atoms with Gasteiger partial charge in [-0.15, -0.1) is 0 Å². The molecule has 3 atom stereocenters. The number of nitrogens with one attached hydrogen (secondary N) is 2. The molecule has 0 amide bonds. The molecule has 1 saturated heterocycles. The van der Waals surface area contributed by atoms with Gasteiger partial charge in [-0.1, -0.05) is 36.8 Å². The second kappa shape index (κ2) is 8.92. The molecule has 1 aromatic rings. The maximum absolute atomic E-state index is 6.08. The third kappa shape index (κ3) is 5.24. The van der Waals surface area contributed by atoms with Crippen molar-refractivity contribution in [2.75, 3.05) is 20.2 Å². The fourth-order valence-corrected chi connectivity index (χ4v) is 2.93. The van der Waals surface area contributed by atoms with Crippen LogP contribution in [0.4, 0.5) is 0 Å². The van der Waals surface area contributed by atoms with Gasteiger partial charge in [-0.2, -0.15) is 0 Å². The number of benzene rings is 1. The third-order valence-corrected chi connectivity index (χ3v) is 4.60. The number of aliphatic imine (C=N–C) groups is 1. The molecule has 4 nitrogen and oxygen atoms in total. The summed E-state index contributed by atoms with van der Waals surface area (Å²) >= 11 is 0. The molecule has 1 aliphatic heterocycles. The van der Waals surface area contributed by atoms with E-state index in [2.05, 4.69) is 60.7 Å². The highest BCUT2D eigenvalue weighted by Gasteiger charge is 2.27. The highest BCUT2D eigenvalue weighted by Crippen LogP contribution is 2.33. The number of aryl methyl sites for hydroxylation is 1. The number of rotatable bonds is 5. The van der Waals surface area contributed by atoms with Gasteiger partial charge in [-0.3, -0.25) is 4.99 Å². The summed E-state index contributed by atoms with van der Waals surface area (Å²) < 4.78 is 6.08. The lowest BCUT2D eigenvalue weighted by atomic mass is 9.89. The minimum Gasteiger partial charge on any atom is -0.373 e. The van der Waals surface area contributed by atoms with Crippen LogP contribution in [0, 0.1) is 12.8 Å². The molecule has 1 heterocycles. The molecule has 0 saturated carbocycles. The molecule has 0 aromatic heterocycles. The van der Waals surface area contributed by atoms with Crippen molar-refractivity contribution in [1.29, 1.82) is 0 Å². The van der Waals surface area contributed by atoms with Crippen LogP contribution in [0.2, 0.25) is 0 Å². The molecular weight excluding hydrogens is 286 g/mol. The first-order valence-electron chi connectivity index (χ1n) is 8.79. The van der Waals surface area contributed by atoms with Crippen LogP contribution >= 0.6 is 0 Å². The van der Waals surface area contributed by atoms with Crippen LogP contribution in [0.25, 0.3) is 0 Å². The summed E-state index contributed by atoms with van der Waals surface area (Å²) in [6, 6.07) is 9.16. The largest absolute Gasteiger partial charge is 0.373 e. The molecule has 0 aliphatic carbocycles.